The smallest absolute Gasteiger partial charge is 0.273 e. The van der Waals surface area contributed by atoms with Gasteiger partial charge in [-0.05, 0) is 24.4 Å². The Morgan fingerprint density at radius 3 is 2.86 bits per heavy atom. The molecule has 0 radical (unpaired) electrons. The quantitative estimate of drug-likeness (QED) is 0.647. The van der Waals surface area contributed by atoms with E-state index in [1.54, 1.807) is 17.4 Å². The molecule has 0 bridgehead atoms. The lowest BCUT2D eigenvalue weighted by Gasteiger charge is -1.97. The second-order valence-electron chi connectivity index (χ2n) is 4.46. The van der Waals surface area contributed by atoms with Gasteiger partial charge in [-0.2, -0.15) is 5.10 Å². The second-order valence-corrected chi connectivity index (χ2v) is 5.40. The molecule has 3 aromatic rings. The van der Waals surface area contributed by atoms with Crippen molar-refractivity contribution in [3.05, 3.63) is 47.1 Å². The Morgan fingerprint density at radius 2 is 2.19 bits per heavy atom. The van der Waals surface area contributed by atoms with Crippen LogP contribution in [0.1, 0.15) is 27.8 Å². The third-order valence-corrected chi connectivity index (χ3v) is 3.84. The summed E-state index contributed by atoms with van der Waals surface area (Å²) in [6.07, 6.45) is 1.51. The number of amides is 1. The lowest BCUT2D eigenvalue weighted by molar-refractivity contribution is 0.101. The van der Waals surface area contributed by atoms with Crippen molar-refractivity contribution in [2.24, 2.45) is 0 Å². The fourth-order valence-corrected chi connectivity index (χ4v) is 2.55. The largest absolute Gasteiger partial charge is 0.356 e. The number of rotatable bonds is 4. The first-order chi connectivity index (χ1) is 10.1. The first-order valence-corrected chi connectivity index (χ1v) is 7.11. The Morgan fingerprint density at radius 1 is 1.33 bits per heavy atom. The molecule has 0 unspecified atom stereocenters. The van der Waals surface area contributed by atoms with Crippen molar-refractivity contribution >= 4 is 28.8 Å². The van der Waals surface area contributed by atoms with Gasteiger partial charge in [0.1, 0.15) is 5.69 Å². The Hall–Kier alpha value is -2.67. The maximum absolute atomic E-state index is 12.0. The molecule has 0 fully saturated rings. The van der Waals surface area contributed by atoms with Gasteiger partial charge >= 0.3 is 0 Å². The zero-order chi connectivity index (χ0) is 14.8. The number of nitrogens with zero attached hydrogens (tertiary/aromatic N) is 1. The van der Waals surface area contributed by atoms with Crippen LogP contribution in [0.5, 0.6) is 0 Å². The molecule has 0 aromatic carbocycles. The Balaban J connectivity index is 1.74. The molecule has 3 N–H and O–H groups in total. The molecule has 0 aliphatic carbocycles. The molecule has 0 aliphatic rings. The van der Waals surface area contributed by atoms with E-state index in [-0.39, 0.29) is 11.7 Å². The summed E-state index contributed by atoms with van der Waals surface area (Å²) in [5.41, 5.74) is 1.64. The van der Waals surface area contributed by atoms with Gasteiger partial charge in [-0.1, -0.05) is 6.07 Å². The van der Waals surface area contributed by atoms with Gasteiger partial charge in [0.2, 0.25) is 0 Å². The van der Waals surface area contributed by atoms with Gasteiger partial charge in [0.15, 0.2) is 11.6 Å². The van der Waals surface area contributed by atoms with Gasteiger partial charge in [0.25, 0.3) is 5.91 Å². The molecule has 1 amide bonds. The average molecular weight is 300 g/mol. The molecule has 21 heavy (non-hydrogen) atoms. The lowest BCUT2D eigenvalue weighted by atomic mass is 10.2. The lowest BCUT2D eigenvalue weighted by Crippen LogP contribution is -2.12. The fraction of sp³-hybridized carbons (Fsp3) is 0.0714. The van der Waals surface area contributed by atoms with Crippen molar-refractivity contribution in [1.29, 1.82) is 0 Å². The van der Waals surface area contributed by atoms with E-state index in [1.807, 2.05) is 17.5 Å². The number of H-pyrrole nitrogens is 2. The number of carbonyl (C=O) groups excluding carboxylic acids is 2. The van der Waals surface area contributed by atoms with Gasteiger partial charge in [-0.3, -0.25) is 14.7 Å². The number of aromatic amines is 2. The van der Waals surface area contributed by atoms with E-state index in [1.165, 1.54) is 19.2 Å². The monoisotopic (exact) mass is 300 g/mol. The molecule has 0 spiro atoms. The summed E-state index contributed by atoms with van der Waals surface area (Å²) >= 11 is 1.58. The third kappa shape index (κ3) is 2.77. The van der Waals surface area contributed by atoms with E-state index >= 15 is 0 Å². The zero-order valence-electron chi connectivity index (χ0n) is 11.1. The van der Waals surface area contributed by atoms with Gasteiger partial charge in [0, 0.05) is 17.8 Å². The topological polar surface area (TPSA) is 90.6 Å². The summed E-state index contributed by atoms with van der Waals surface area (Å²) in [7, 11) is 0. The predicted molar refractivity (Wildman–Crippen MR) is 80.7 cm³/mol. The van der Waals surface area contributed by atoms with Crippen molar-refractivity contribution in [2.45, 2.75) is 6.92 Å². The predicted octanol–water partition coefficient (Wildman–Crippen LogP) is 2.92. The second kappa shape index (κ2) is 5.37. The minimum Gasteiger partial charge on any atom is -0.356 e. The van der Waals surface area contributed by atoms with Gasteiger partial charge in [0.05, 0.1) is 10.6 Å². The van der Waals surface area contributed by atoms with Crippen molar-refractivity contribution in [1.82, 2.24) is 15.2 Å². The van der Waals surface area contributed by atoms with Crippen LogP contribution in [-0.2, 0) is 0 Å². The minimum absolute atomic E-state index is 0.0925. The van der Waals surface area contributed by atoms with Gasteiger partial charge in [-0.25, -0.2) is 0 Å². The number of ketones is 1. The van der Waals surface area contributed by atoms with E-state index in [2.05, 4.69) is 20.5 Å². The summed E-state index contributed by atoms with van der Waals surface area (Å²) in [5, 5.41) is 11.6. The summed E-state index contributed by atoms with van der Waals surface area (Å²) in [5.74, 6) is -0.000782. The molecular formula is C14H12N4O2S. The van der Waals surface area contributed by atoms with E-state index in [4.69, 9.17) is 0 Å². The van der Waals surface area contributed by atoms with Crippen LogP contribution in [0.2, 0.25) is 0 Å². The van der Waals surface area contributed by atoms with Crippen molar-refractivity contribution in [3.63, 3.8) is 0 Å². The SMILES string of the molecule is CC(=O)c1c[nH]c(C(=O)Nc2cc(-c3cccs3)[nH]n2)c1. The number of nitrogens with one attached hydrogen (secondary N) is 3. The normalized spacial score (nSPS) is 10.5. The zero-order valence-corrected chi connectivity index (χ0v) is 12.0. The molecule has 0 aliphatic heterocycles. The Bertz CT molecular complexity index is 786. The standard InChI is InChI=1S/C14H12N4O2S/c1-8(19)9-5-11(15-7-9)14(20)16-13-6-10(17-18-13)12-3-2-4-21-12/h2-7,15H,1H3,(H2,16,17,18,20). The summed E-state index contributed by atoms with van der Waals surface area (Å²) in [6.45, 7) is 1.45. The van der Waals surface area contributed by atoms with Gasteiger partial charge < -0.3 is 10.3 Å². The maximum atomic E-state index is 12.0. The number of carbonyl (C=O) groups is 2. The molecule has 106 valence electrons. The molecule has 3 aromatic heterocycles. The molecule has 0 atom stereocenters. The molecule has 3 heterocycles. The van der Waals surface area contributed by atoms with Crippen LogP contribution in [0.15, 0.2) is 35.8 Å². The molecular weight excluding hydrogens is 288 g/mol. The number of thiophene rings is 1. The van der Waals surface area contributed by atoms with Crippen LogP contribution in [0.4, 0.5) is 5.82 Å². The van der Waals surface area contributed by atoms with Crippen LogP contribution < -0.4 is 5.32 Å². The highest BCUT2D eigenvalue weighted by molar-refractivity contribution is 7.13. The van der Waals surface area contributed by atoms with Crippen molar-refractivity contribution < 1.29 is 9.59 Å². The van der Waals surface area contributed by atoms with Crippen molar-refractivity contribution in [3.8, 4) is 10.6 Å². The molecule has 0 saturated heterocycles. The summed E-state index contributed by atoms with van der Waals surface area (Å²) < 4.78 is 0. The highest BCUT2D eigenvalue weighted by Crippen LogP contribution is 2.24. The molecule has 0 saturated carbocycles. The van der Waals surface area contributed by atoms with Gasteiger partial charge in [-0.15, -0.1) is 11.3 Å². The van der Waals surface area contributed by atoms with E-state index in [0.717, 1.165) is 10.6 Å². The summed E-state index contributed by atoms with van der Waals surface area (Å²) in [4.78, 5) is 27.1. The first kappa shape index (κ1) is 13.3. The minimum atomic E-state index is -0.341. The van der Waals surface area contributed by atoms with E-state index in [9.17, 15) is 9.59 Å². The number of aromatic nitrogens is 3. The first-order valence-electron chi connectivity index (χ1n) is 6.23. The van der Waals surface area contributed by atoms with Crippen LogP contribution in [0, 0.1) is 0 Å². The van der Waals surface area contributed by atoms with Crippen LogP contribution in [0.25, 0.3) is 10.6 Å². The Labute approximate surface area is 124 Å². The van der Waals surface area contributed by atoms with Crippen LogP contribution in [0.3, 0.4) is 0 Å². The molecule has 7 heteroatoms. The number of anilines is 1. The van der Waals surface area contributed by atoms with E-state index in [0.29, 0.717) is 17.1 Å². The van der Waals surface area contributed by atoms with Crippen LogP contribution >= 0.6 is 11.3 Å². The highest BCUT2D eigenvalue weighted by atomic mass is 32.1. The maximum Gasteiger partial charge on any atom is 0.273 e. The molecule has 6 nitrogen and oxygen atoms in total. The molecule has 3 rings (SSSR count). The number of Topliss-reactive ketones (excluding diaryl/α,β-unsaturated/α-hetero) is 1. The number of hydrogen-bond acceptors (Lipinski definition) is 4. The van der Waals surface area contributed by atoms with Crippen LogP contribution in [-0.4, -0.2) is 26.9 Å². The summed E-state index contributed by atoms with van der Waals surface area (Å²) in [6, 6.07) is 7.19. The average Bonchev–Trinajstić information content (AvgIpc) is 3.19. The van der Waals surface area contributed by atoms with E-state index < -0.39 is 0 Å². The Kier molecular flexibility index (Phi) is 3.41. The van der Waals surface area contributed by atoms with Crippen molar-refractivity contribution in [2.75, 3.05) is 5.32 Å². The third-order valence-electron chi connectivity index (χ3n) is 2.94. The highest BCUT2D eigenvalue weighted by Gasteiger charge is 2.13. The number of hydrogen-bond donors (Lipinski definition) is 3. The fourth-order valence-electron chi connectivity index (χ4n) is 1.86.